The molecule has 3 aromatic rings. The van der Waals surface area contributed by atoms with Gasteiger partial charge in [-0.2, -0.15) is 8.42 Å². The molecule has 1 aromatic carbocycles. The summed E-state index contributed by atoms with van der Waals surface area (Å²) in [5.41, 5.74) is 1.02. The molecule has 0 spiro atoms. The number of anilines is 1. The Bertz CT molecular complexity index is 2470. The van der Waals surface area contributed by atoms with Crippen molar-refractivity contribution in [2.45, 2.75) is 147 Å². The number of carbonyl (C=O) groups is 8. The summed E-state index contributed by atoms with van der Waals surface area (Å²) in [7, 11) is -4.73. The van der Waals surface area contributed by atoms with Gasteiger partial charge in [0, 0.05) is 24.4 Å². The van der Waals surface area contributed by atoms with Crippen molar-refractivity contribution in [1.29, 1.82) is 0 Å². The molecule has 71 heavy (non-hydrogen) atoms. The van der Waals surface area contributed by atoms with Crippen LogP contribution in [0.3, 0.4) is 0 Å². The Morgan fingerprint density at radius 1 is 0.789 bits per heavy atom. The normalized spacial score (nSPS) is 15.3. The van der Waals surface area contributed by atoms with Gasteiger partial charge in [-0.25, -0.2) is 18.5 Å². The van der Waals surface area contributed by atoms with Crippen molar-refractivity contribution in [2.75, 3.05) is 11.9 Å². The highest BCUT2D eigenvalue weighted by atomic mass is 32.2. The Hall–Kier alpha value is -6.37. The second-order valence-electron chi connectivity index (χ2n) is 18.8. The third kappa shape index (κ3) is 17.8. The molecule has 2 aromatic heterocycles. The van der Waals surface area contributed by atoms with E-state index in [1.165, 1.54) is 18.6 Å². The molecule has 5 unspecified atom stereocenters. The molecular formula is C46H63F2N11O10S2. The first kappa shape index (κ1) is 57.2. The average molecular weight is 1030 g/mol. The van der Waals surface area contributed by atoms with Crippen LogP contribution >= 0.6 is 11.3 Å². The highest BCUT2D eigenvalue weighted by Gasteiger charge is 2.37. The van der Waals surface area contributed by atoms with Crippen LogP contribution < -0.4 is 36.6 Å². The van der Waals surface area contributed by atoms with Crippen LogP contribution in [0.15, 0.2) is 47.2 Å². The van der Waals surface area contributed by atoms with Gasteiger partial charge in [-0.15, -0.1) is 10.2 Å². The Morgan fingerprint density at radius 3 is 2.03 bits per heavy atom. The fraction of sp³-hybridized carbons (Fsp3) is 0.565. The van der Waals surface area contributed by atoms with Crippen LogP contribution in [0.25, 0.3) is 0 Å². The van der Waals surface area contributed by atoms with E-state index < -0.39 is 111 Å². The molecule has 7 amide bonds. The Balaban J connectivity index is 1.42. The zero-order chi connectivity index (χ0) is 52.6. The molecule has 388 valence electrons. The van der Waals surface area contributed by atoms with E-state index in [1.54, 1.807) is 42.8 Å². The summed E-state index contributed by atoms with van der Waals surface area (Å²) in [6, 6.07) is 0.750. The summed E-state index contributed by atoms with van der Waals surface area (Å²) >= 11 is 0.412. The predicted molar refractivity (Wildman–Crippen MR) is 256 cm³/mol. The van der Waals surface area contributed by atoms with E-state index in [1.807, 2.05) is 39.9 Å². The van der Waals surface area contributed by atoms with Crippen molar-refractivity contribution in [3.8, 4) is 0 Å². The van der Waals surface area contributed by atoms with Crippen molar-refractivity contribution in [3.05, 3.63) is 59.7 Å². The summed E-state index contributed by atoms with van der Waals surface area (Å²) in [6.45, 7) is 12.0. The van der Waals surface area contributed by atoms with Crippen LogP contribution in [0.1, 0.15) is 133 Å². The van der Waals surface area contributed by atoms with E-state index in [2.05, 4.69) is 46.7 Å². The molecule has 7 N–H and O–H groups in total. The molecule has 0 radical (unpaired) electrons. The highest BCUT2D eigenvalue weighted by molar-refractivity contribution is 7.92. The lowest BCUT2D eigenvalue weighted by Gasteiger charge is -2.31. The maximum Gasteiger partial charge on any atom is 0.293 e. The molecule has 0 bridgehead atoms. The first-order valence-corrected chi connectivity index (χ1v) is 25.6. The molecule has 25 heteroatoms. The molecule has 0 saturated heterocycles. The summed E-state index contributed by atoms with van der Waals surface area (Å²) in [5, 5.41) is 21.4. The minimum Gasteiger partial charge on any atom is -0.344 e. The summed E-state index contributed by atoms with van der Waals surface area (Å²) in [5.74, 6) is -9.16. The molecule has 1 aliphatic carbocycles. The van der Waals surface area contributed by atoms with Gasteiger partial charge in [0.2, 0.25) is 35.1 Å². The Labute approximate surface area is 415 Å². The second-order valence-corrected chi connectivity index (χ2v) is 21.7. The van der Waals surface area contributed by atoms with E-state index in [-0.39, 0.29) is 46.5 Å². The fourth-order valence-electron chi connectivity index (χ4n) is 7.53. The molecule has 0 aliphatic heterocycles. The van der Waals surface area contributed by atoms with Crippen molar-refractivity contribution in [2.24, 2.45) is 17.8 Å². The highest BCUT2D eigenvalue weighted by Crippen LogP contribution is 2.28. The summed E-state index contributed by atoms with van der Waals surface area (Å²) < 4.78 is 54.7. The van der Waals surface area contributed by atoms with Gasteiger partial charge in [0.1, 0.15) is 29.9 Å². The number of ketones is 1. The summed E-state index contributed by atoms with van der Waals surface area (Å²) in [6.07, 6.45) is 3.86. The number of alkyl halides is 2. The smallest absolute Gasteiger partial charge is 0.293 e. The van der Waals surface area contributed by atoms with Crippen molar-refractivity contribution >= 4 is 73.6 Å². The van der Waals surface area contributed by atoms with Crippen LogP contribution in [0.2, 0.25) is 0 Å². The van der Waals surface area contributed by atoms with Gasteiger partial charge in [-0.05, 0) is 53.7 Å². The fourth-order valence-corrected chi connectivity index (χ4v) is 9.41. The van der Waals surface area contributed by atoms with Crippen LogP contribution in [-0.2, 0) is 44.2 Å². The standard InChI is InChI=1S/C46H63F2N11O10S2/c1-8-26(4)36(55-40(64)31(20-25(2)3)53-41(65)33-23-49-18-19-50-33)42(66)54-32(21-27-12-10-9-11-13-27)39(63)52-30(22-34(47)48)37(61)43(67)51-24-35(60)59-71(68,69)45-58-57-44(70-45)56-38(62)28-14-16-29(17-15-28)46(5,6)7/h14-19,23,25-27,30-32,34,36H,8-13,20-22,24H2,1-7H3,(H,51,67)(H,52,63)(H,53,65)(H,54,66)(H,55,64)(H,59,60)(H,56,57,62). The monoisotopic (exact) mass is 1030 g/mol. The predicted octanol–water partition coefficient (Wildman–Crippen LogP) is 3.34. The maximum absolute atomic E-state index is 14.1. The van der Waals surface area contributed by atoms with E-state index in [0.717, 1.165) is 24.8 Å². The lowest BCUT2D eigenvalue weighted by molar-refractivity contribution is -0.141. The van der Waals surface area contributed by atoms with Crippen molar-refractivity contribution < 1.29 is 55.6 Å². The van der Waals surface area contributed by atoms with Crippen molar-refractivity contribution in [3.63, 3.8) is 0 Å². The van der Waals surface area contributed by atoms with E-state index in [0.29, 0.717) is 30.6 Å². The van der Waals surface area contributed by atoms with Crippen molar-refractivity contribution in [1.82, 2.24) is 51.5 Å². The van der Waals surface area contributed by atoms with E-state index in [4.69, 9.17) is 0 Å². The number of Topliss-reactive ketones (excluding diaryl/α,β-unsaturated/α-hetero) is 1. The number of benzene rings is 1. The zero-order valence-corrected chi connectivity index (χ0v) is 42.3. The number of sulfonamides is 1. The molecular weight excluding hydrogens is 969 g/mol. The molecule has 1 fully saturated rings. The number of nitrogens with zero attached hydrogens (tertiary/aromatic N) is 4. The number of halogens is 2. The molecule has 21 nitrogen and oxygen atoms in total. The number of carbonyl (C=O) groups excluding carboxylic acids is 8. The lowest BCUT2D eigenvalue weighted by atomic mass is 9.84. The Morgan fingerprint density at radius 2 is 1.44 bits per heavy atom. The number of aromatic nitrogens is 4. The van der Waals surface area contributed by atoms with Crippen LogP contribution in [0.5, 0.6) is 0 Å². The van der Waals surface area contributed by atoms with Crippen LogP contribution in [-0.4, -0.2) is 113 Å². The van der Waals surface area contributed by atoms with Gasteiger partial charge in [0.15, 0.2) is 0 Å². The second kappa shape index (κ2) is 26.2. The quantitative estimate of drug-likeness (QED) is 0.0500. The van der Waals surface area contributed by atoms with Gasteiger partial charge in [-0.1, -0.05) is 110 Å². The first-order valence-electron chi connectivity index (χ1n) is 23.3. The maximum atomic E-state index is 14.1. The molecule has 2 heterocycles. The molecule has 1 aliphatic rings. The molecule has 4 rings (SSSR count). The lowest BCUT2D eigenvalue weighted by Crippen LogP contribution is -2.60. The number of amides is 7. The Kier molecular flexibility index (Phi) is 21.1. The zero-order valence-electron chi connectivity index (χ0n) is 40.7. The van der Waals surface area contributed by atoms with Crippen LogP contribution in [0, 0.1) is 17.8 Å². The number of rotatable bonds is 24. The van der Waals surface area contributed by atoms with Gasteiger partial charge < -0.3 is 26.6 Å². The largest absolute Gasteiger partial charge is 0.344 e. The molecule has 1 saturated carbocycles. The van der Waals surface area contributed by atoms with E-state index in [9.17, 15) is 55.6 Å². The number of hydrogen-bond acceptors (Lipinski definition) is 15. The van der Waals surface area contributed by atoms with Gasteiger partial charge in [0.25, 0.3) is 38.0 Å². The number of hydrogen-bond donors (Lipinski definition) is 7. The van der Waals surface area contributed by atoms with E-state index >= 15 is 0 Å². The van der Waals surface area contributed by atoms with Gasteiger partial charge in [0.05, 0.1) is 12.7 Å². The first-order chi connectivity index (χ1) is 33.4. The third-order valence-electron chi connectivity index (χ3n) is 11.6. The minimum atomic E-state index is -4.73. The third-order valence-corrected chi connectivity index (χ3v) is 14.2. The summed E-state index contributed by atoms with van der Waals surface area (Å²) in [4.78, 5) is 115. The SMILES string of the molecule is CCC(C)C(NC(=O)C(CC(C)C)NC(=O)c1cnccn1)C(=O)NC(CC1CCCCC1)C(=O)NC(CC(F)F)C(=O)C(=O)NCC(=O)NS(=O)(=O)c1nnc(NC(=O)c2ccc(C(C)(C)C)cc2)s1. The van der Waals surface area contributed by atoms with Gasteiger partial charge in [-0.3, -0.25) is 48.7 Å². The molecule has 5 atom stereocenters. The van der Waals surface area contributed by atoms with Gasteiger partial charge >= 0.3 is 0 Å². The van der Waals surface area contributed by atoms with Crippen LogP contribution in [0.4, 0.5) is 13.9 Å². The number of nitrogens with one attached hydrogen (secondary N) is 7. The average Bonchev–Trinajstić information content (AvgIpc) is 3.80. The topological polar surface area (TPSA) is 306 Å². The minimum absolute atomic E-state index is 0.0211.